The van der Waals surface area contributed by atoms with Gasteiger partial charge in [-0.25, -0.2) is 0 Å². The van der Waals surface area contributed by atoms with Gasteiger partial charge in [-0.3, -0.25) is 4.99 Å². The lowest BCUT2D eigenvalue weighted by molar-refractivity contribution is 0.123. The molecular formula is C20H34N4O2. The average molecular weight is 363 g/mol. The second-order valence-corrected chi connectivity index (χ2v) is 7.00. The molecule has 1 atom stereocenters. The average Bonchev–Trinajstić information content (AvgIpc) is 3.47. The lowest BCUT2D eigenvalue weighted by Crippen LogP contribution is -2.42. The maximum atomic E-state index is 5.66. The summed E-state index contributed by atoms with van der Waals surface area (Å²) in [7, 11) is 7.66. The number of guanidine groups is 1. The number of benzene rings is 1. The fourth-order valence-electron chi connectivity index (χ4n) is 2.75. The summed E-state index contributed by atoms with van der Waals surface area (Å²) in [5.41, 5.74) is 1.24. The summed E-state index contributed by atoms with van der Waals surface area (Å²) >= 11 is 0. The first-order chi connectivity index (χ1) is 12.6. The SMILES string of the molecule is CN=C(NCCCOCC1CC1)NCC(c1ccc(OC)cc1)N(C)C. The first kappa shape index (κ1) is 20.5. The molecule has 1 saturated carbocycles. The summed E-state index contributed by atoms with van der Waals surface area (Å²) in [5.74, 6) is 2.53. The molecule has 0 saturated heterocycles. The molecule has 6 nitrogen and oxygen atoms in total. The summed E-state index contributed by atoms with van der Waals surface area (Å²) in [5, 5.41) is 6.78. The van der Waals surface area contributed by atoms with E-state index >= 15 is 0 Å². The number of methoxy groups -OCH3 is 1. The Morgan fingerprint density at radius 2 is 1.96 bits per heavy atom. The number of rotatable bonds is 11. The van der Waals surface area contributed by atoms with Crippen molar-refractivity contribution < 1.29 is 9.47 Å². The number of hydrogen-bond acceptors (Lipinski definition) is 4. The van der Waals surface area contributed by atoms with Crippen molar-refractivity contribution in [1.29, 1.82) is 0 Å². The van der Waals surface area contributed by atoms with Crippen molar-refractivity contribution in [1.82, 2.24) is 15.5 Å². The Kier molecular flexibility index (Phi) is 8.71. The van der Waals surface area contributed by atoms with Crippen LogP contribution < -0.4 is 15.4 Å². The van der Waals surface area contributed by atoms with Gasteiger partial charge in [0.05, 0.1) is 13.2 Å². The standard InChI is InChI=1S/C20H34N4O2/c1-21-20(22-12-5-13-26-15-16-6-7-16)23-14-19(24(2)3)17-8-10-18(25-4)11-9-17/h8-11,16,19H,5-7,12-15H2,1-4H3,(H2,21,22,23). The third kappa shape index (κ3) is 7.22. The molecule has 2 rings (SSSR count). The molecule has 1 aliphatic rings. The molecular weight excluding hydrogens is 328 g/mol. The summed E-state index contributed by atoms with van der Waals surface area (Å²) in [4.78, 5) is 6.51. The van der Waals surface area contributed by atoms with Crippen molar-refractivity contribution in [2.75, 3.05) is 54.6 Å². The zero-order chi connectivity index (χ0) is 18.8. The van der Waals surface area contributed by atoms with Crippen LogP contribution in [0, 0.1) is 5.92 Å². The molecule has 1 aromatic carbocycles. The Morgan fingerprint density at radius 3 is 2.54 bits per heavy atom. The van der Waals surface area contributed by atoms with Crippen LogP contribution in [-0.4, -0.2) is 65.4 Å². The number of nitrogens with zero attached hydrogens (tertiary/aromatic N) is 2. The molecule has 146 valence electrons. The van der Waals surface area contributed by atoms with Crippen molar-refractivity contribution in [2.24, 2.45) is 10.9 Å². The Balaban J connectivity index is 1.72. The summed E-state index contributed by atoms with van der Waals surface area (Å²) in [6.45, 7) is 3.38. The highest BCUT2D eigenvalue weighted by atomic mass is 16.5. The topological polar surface area (TPSA) is 58.1 Å². The van der Waals surface area contributed by atoms with Crippen LogP contribution >= 0.6 is 0 Å². The molecule has 1 aromatic rings. The van der Waals surface area contributed by atoms with E-state index in [4.69, 9.17) is 9.47 Å². The smallest absolute Gasteiger partial charge is 0.191 e. The van der Waals surface area contributed by atoms with Gasteiger partial charge in [0.1, 0.15) is 5.75 Å². The number of hydrogen-bond donors (Lipinski definition) is 2. The van der Waals surface area contributed by atoms with Gasteiger partial charge in [0.15, 0.2) is 5.96 Å². The Morgan fingerprint density at radius 1 is 1.23 bits per heavy atom. The van der Waals surface area contributed by atoms with E-state index in [1.165, 1.54) is 18.4 Å². The zero-order valence-electron chi connectivity index (χ0n) is 16.6. The highest BCUT2D eigenvalue weighted by Gasteiger charge is 2.20. The van der Waals surface area contributed by atoms with Gasteiger partial charge in [-0.1, -0.05) is 12.1 Å². The highest BCUT2D eigenvalue weighted by Crippen LogP contribution is 2.28. The van der Waals surface area contributed by atoms with E-state index in [1.54, 1.807) is 14.2 Å². The Labute approximate surface area is 158 Å². The highest BCUT2D eigenvalue weighted by molar-refractivity contribution is 5.79. The van der Waals surface area contributed by atoms with Crippen LogP contribution in [0.1, 0.15) is 30.9 Å². The van der Waals surface area contributed by atoms with Crippen LogP contribution in [0.3, 0.4) is 0 Å². The number of aliphatic imine (C=N–C) groups is 1. The second kappa shape index (κ2) is 11.0. The van der Waals surface area contributed by atoms with Crippen LogP contribution in [0.2, 0.25) is 0 Å². The Bertz CT molecular complexity index is 541. The van der Waals surface area contributed by atoms with Gasteiger partial charge < -0.3 is 25.0 Å². The molecule has 0 aromatic heterocycles. The van der Waals surface area contributed by atoms with Gasteiger partial charge in [0, 0.05) is 33.4 Å². The van der Waals surface area contributed by atoms with E-state index < -0.39 is 0 Å². The van der Waals surface area contributed by atoms with E-state index in [2.05, 4.69) is 46.8 Å². The minimum absolute atomic E-state index is 0.251. The Hall–Kier alpha value is -1.79. The van der Waals surface area contributed by atoms with E-state index in [0.29, 0.717) is 0 Å². The van der Waals surface area contributed by atoms with Gasteiger partial charge >= 0.3 is 0 Å². The lowest BCUT2D eigenvalue weighted by atomic mass is 10.1. The van der Waals surface area contributed by atoms with Crippen LogP contribution in [-0.2, 0) is 4.74 Å². The maximum Gasteiger partial charge on any atom is 0.191 e. The molecule has 26 heavy (non-hydrogen) atoms. The fourth-order valence-corrected chi connectivity index (χ4v) is 2.75. The quantitative estimate of drug-likeness (QED) is 0.359. The molecule has 0 spiro atoms. The van der Waals surface area contributed by atoms with E-state index in [1.807, 2.05) is 12.1 Å². The molecule has 0 radical (unpaired) electrons. The van der Waals surface area contributed by atoms with Gasteiger partial charge in [-0.05, 0) is 57.0 Å². The van der Waals surface area contributed by atoms with Gasteiger partial charge in [-0.2, -0.15) is 0 Å². The molecule has 2 N–H and O–H groups in total. The summed E-state index contributed by atoms with van der Waals surface area (Å²) < 4.78 is 10.9. The first-order valence-electron chi connectivity index (χ1n) is 9.46. The van der Waals surface area contributed by atoms with E-state index in [0.717, 1.165) is 50.4 Å². The predicted octanol–water partition coefficient (Wildman–Crippen LogP) is 2.28. The van der Waals surface area contributed by atoms with Crippen LogP contribution in [0.4, 0.5) is 0 Å². The van der Waals surface area contributed by atoms with Gasteiger partial charge in [0.2, 0.25) is 0 Å². The second-order valence-electron chi connectivity index (χ2n) is 7.00. The van der Waals surface area contributed by atoms with Crippen LogP contribution in [0.5, 0.6) is 5.75 Å². The molecule has 6 heteroatoms. The van der Waals surface area contributed by atoms with Crippen molar-refractivity contribution in [3.05, 3.63) is 29.8 Å². The third-order valence-corrected chi connectivity index (χ3v) is 4.62. The first-order valence-corrected chi connectivity index (χ1v) is 9.46. The number of ether oxygens (including phenoxy) is 2. The molecule has 0 heterocycles. The number of likely N-dealkylation sites (N-methyl/N-ethyl adjacent to an activating group) is 1. The zero-order valence-corrected chi connectivity index (χ0v) is 16.6. The van der Waals surface area contributed by atoms with Crippen LogP contribution in [0.25, 0.3) is 0 Å². The molecule has 0 bridgehead atoms. The predicted molar refractivity (Wildman–Crippen MR) is 107 cm³/mol. The summed E-state index contributed by atoms with van der Waals surface area (Å²) in [6, 6.07) is 8.47. The third-order valence-electron chi connectivity index (χ3n) is 4.62. The van der Waals surface area contributed by atoms with Crippen molar-refractivity contribution >= 4 is 5.96 Å². The van der Waals surface area contributed by atoms with Crippen LogP contribution in [0.15, 0.2) is 29.3 Å². The normalized spacial score (nSPS) is 15.8. The molecule has 0 amide bonds. The fraction of sp³-hybridized carbons (Fsp3) is 0.650. The summed E-state index contributed by atoms with van der Waals surface area (Å²) in [6.07, 6.45) is 3.68. The van der Waals surface area contributed by atoms with Crippen molar-refractivity contribution in [3.8, 4) is 5.75 Å². The minimum atomic E-state index is 0.251. The van der Waals surface area contributed by atoms with Gasteiger partial charge in [0.25, 0.3) is 0 Å². The van der Waals surface area contributed by atoms with E-state index in [9.17, 15) is 0 Å². The molecule has 1 unspecified atom stereocenters. The van der Waals surface area contributed by atoms with Gasteiger partial charge in [-0.15, -0.1) is 0 Å². The van der Waals surface area contributed by atoms with Crippen molar-refractivity contribution in [3.63, 3.8) is 0 Å². The minimum Gasteiger partial charge on any atom is -0.497 e. The number of nitrogens with one attached hydrogen (secondary N) is 2. The molecule has 1 aliphatic carbocycles. The molecule has 0 aliphatic heterocycles. The van der Waals surface area contributed by atoms with E-state index in [-0.39, 0.29) is 6.04 Å². The molecule has 1 fully saturated rings. The maximum absolute atomic E-state index is 5.66. The largest absolute Gasteiger partial charge is 0.497 e. The van der Waals surface area contributed by atoms with Crippen molar-refractivity contribution in [2.45, 2.75) is 25.3 Å². The lowest BCUT2D eigenvalue weighted by Gasteiger charge is -2.26. The monoisotopic (exact) mass is 362 g/mol.